The van der Waals surface area contributed by atoms with Crippen LogP contribution in [0.15, 0.2) is 0 Å². The Hall–Kier alpha value is -0.610. The molecule has 1 fully saturated rings. The van der Waals surface area contributed by atoms with Crippen molar-refractivity contribution >= 4 is 16.5 Å². The minimum absolute atomic E-state index is 0.577. The van der Waals surface area contributed by atoms with Crippen molar-refractivity contribution in [2.24, 2.45) is 0 Å². The fourth-order valence-corrected chi connectivity index (χ4v) is 2.88. The van der Waals surface area contributed by atoms with Gasteiger partial charge in [0.2, 0.25) is 0 Å². The third-order valence-electron chi connectivity index (χ3n) is 2.98. The summed E-state index contributed by atoms with van der Waals surface area (Å²) in [5.74, 6) is 0. The van der Waals surface area contributed by atoms with Crippen LogP contribution in [-0.2, 0) is 0 Å². The van der Waals surface area contributed by atoms with E-state index < -0.39 is 0 Å². The third kappa shape index (κ3) is 2.69. The van der Waals surface area contributed by atoms with Crippen molar-refractivity contribution in [2.75, 3.05) is 25.5 Å². The summed E-state index contributed by atoms with van der Waals surface area (Å²) >= 11 is 1.77. The Labute approximate surface area is 95.5 Å². The van der Waals surface area contributed by atoms with Crippen LogP contribution in [0.1, 0.15) is 23.4 Å². The lowest BCUT2D eigenvalue weighted by molar-refractivity contribution is 0.261. The number of aryl methyl sites for hydroxylation is 2. The monoisotopic (exact) mass is 225 g/mol. The quantitative estimate of drug-likeness (QED) is 0.837. The first kappa shape index (κ1) is 10.9. The second-order valence-electron chi connectivity index (χ2n) is 4.41. The number of anilines is 1. The van der Waals surface area contributed by atoms with Crippen molar-refractivity contribution in [3.63, 3.8) is 0 Å². The van der Waals surface area contributed by atoms with E-state index in [9.17, 15) is 0 Å². The number of likely N-dealkylation sites (tertiary alicyclic amines) is 1. The molecule has 0 aromatic carbocycles. The number of hydrogen-bond acceptors (Lipinski definition) is 4. The molecular weight excluding hydrogens is 206 g/mol. The number of nitrogens with one attached hydrogen (secondary N) is 1. The lowest BCUT2D eigenvalue weighted by Crippen LogP contribution is -2.39. The van der Waals surface area contributed by atoms with Gasteiger partial charge in [-0.3, -0.25) is 0 Å². The van der Waals surface area contributed by atoms with Crippen molar-refractivity contribution in [3.05, 3.63) is 10.6 Å². The molecule has 1 aromatic heterocycles. The summed E-state index contributed by atoms with van der Waals surface area (Å²) in [6.45, 7) is 6.57. The molecule has 2 rings (SSSR count). The van der Waals surface area contributed by atoms with Crippen molar-refractivity contribution in [1.82, 2.24) is 9.88 Å². The maximum Gasteiger partial charge on any atom is 0.183 e. The zero-order chi connectivity index (χ0) is 10.8. The van der Waals surface area contributed by atoms with Gasteiger partial charge in [-0.25, -0.2) is 4.98 Å². The molecular formula is C11H19N3S. The molecule has 0 amide bonds. The molecule has 1 aliphatic heterocycles. The Balaban J connectivity index is 1.96. The molecule has 2 heterocycles. The van der Waals surface area contributed by atoms with Crippen molar-refractivity contribution in [3.8, 4) is 0 Å². The minimum Gasteiger partial charge on any atom is -0.357 e. The molecule has 0 saturated carbocycles. The molecule has 0 spiro atoms. The normalized spacial score (nSPS) is 23.0. The van der Waals surface area contributed by atoms with Gasteiger partial charge in [-0.05, 0) is 40.3 Å². The Morgan fingerprint density at radius 1 is 1.47 bits per heavy atom. The van der Waals surface area contributed by atoms with Gasteiger partial charge >= 0.3 is 0 Å². The van der Waals surface area contributed by atoms with E-state index in [-0.39, 0.29) is 0 Å². The summed E-state index contributed by atoms with van der Waals surface area (Å²) in [6, 6.07) is 0.577. The number of likely N-dealkylation sites (N-methyl/N-ethyl adjacent to an activating group) is 1. The van der Waals surface area contributed by atoms with Gasteiger partial charge in [-0.1, -0.05) is 0 Å². The molecule has 0 radical (unpaired) electrons. The average molecular weight is 225 g/mol. The Bertz CT molecular complexity index is 315. The molecule has 1 unspecified atom stereocenters. The van der Waals surface area contributed by atoms with Gasteiger partial charge < -0.3 is 10.2 Å². The van der Waals surface area contributed by atoms with Crippen LogP contribution >= 0.6 is 11.3 Å². The van der Waals surface area contributed by atoms with E-state index in [1.807, 2.05) is 0 Å². The largest absolute Gasteiger partial charge is 0.357 e. The van der Waals surface area contributed by atoms with E-state index in [1.165, 1.54) is 24.3 Å². The van der Waals surface area contributed by atoms with Gasteiger partial charge in [0, 0.05) is 17.5 Å². The highest BCUT2D eigenvalue weighted by atomic mass is 32.1. The second kappa shape index (κ2) is 4.49. The van der Waals surface area contributed by atoms with E-state index >= 15 is 0 Å². The van der Waals surface area contributed by atoms with Crippen LogP contribution in [0.4, 0.5) is 5.13 Å². The van der Waals surface area contributed by atoms with E-state index in [4.69, 9.17) is 0 Å². The van der Waals surface area contributed by atoms with Crippen molar-refractivity contribution in [1.29, 1.82) is 0 Å². The molecule has 4 heteroatoms. The lowest BCUT2D eigenvalue weighted by atomic mass is 10.1. The molecule has 15 heavy (non-hydrogen) atoms. The molecule has 1 aliphatic rings. The van der Waals surface area contributed by atoms with Crippen LogP contribution in [0.2, 0.25) is 0 Å². The Kier molecular flexibility index (Phi) is 3.26. The SMILES string of the molecule is Cc1nc(NC2CCCN(C)C2)sc1C. The van der Waals surface area contributed by atoms with Crippen molar-refractivity contribution < 1.29 is 0 Å². The minimum atomic E-state index is 0.577. The maximum absolute atomic E-state index is 4.52. The first-order valence-corrected chi connectivity index (χ1v) is 6.36. The van der Waals surface area contributed by atoms with Crippen LogP contribution in [-0.4, -0.2) is 36.1 Å². The maximum atomic E-state index is 4.52. The molecule has 1 saturated heterocycles. The molecule has 0 aliphatic carbocycles. The number of aromatic nitrogens is 1. The topological polar surface area (TPSA) is 28.2 Å². The molecule has 3 nitrogen and oxygen atoms in total. The summed E-state index contributed by atoms with van der Waals surface area (Å²) in [5.41, 5.74) is 1.16. The van der Waals surface area contributed by atoms with Gasteiger partial charge in [0.15, 0.2) is 5.13 Å². The second-order valence-corrected chi connectivity index (χ2v) is 5.61. The summed E-state index contributed by atoms with van der Waals surface area (Å²) in [7, 11) is 2.19. The highest BCUT2D eigenvalue weighted by Gasteiger charge is 2.17. The lowest BCUT2D eigenvalue weighted by Gasteiger charge is -2.29. The fraction of sp³-hybridized carbons (Fsp3) is 0.727. The highest BCUT2D eigenvalue weighted by Crippen LogP contribution is 2.23. The van der Waals surface area contributed by atoms with Crippen LogP contribution in [0.25, 0.3) is 0 Å². The van der Waals surface area contributed by atoms with Gasteiger partial charge in [0.25, 0.3) is 0 Å². The predicted molar refractivity (Wildman–Crippen MR) is 65.7 cm³/mol. The summed E-state index contributed by atoms with van der Waals surface area (Å²) in [5, 5.41) is 4.63. The zero-order valence-electron chi connectivity index (χ0n) is 9.71. The molecule has 1 atom stereocenters. The number of hydrogen-bond donors (Lipinski definition) is 1. The number of thiazole rings is 1. The van der Waals surface area contributed by atoms with Crippen LogP contribution in [0, 0.1) is 13.8 Å². The number of piperidine rings is 1. The predicted octanol–water partition coefficient (Wildman–Crippen LogP) is 2.27. The van der Waals surface area contributed by atoms with Gasteiger partial charge in [-0.15, -0.1) is 11.3 Å². The zero-order valence-corrected chi connectivity index (χ0v) is 10.5. The van der Waals surface area contributed by atoms with E-state index in [2.05, 4.69) is 36.1 Å². The van der Waals surface area contributed by atoms with E-state index in [0.717, 1.165) is 17.4 Å². The molecule has 1 aromatic rings. The van der Waals surface area contributed by atoms with E-state index in [0.29, 0.717) is 6.04 Å². The van der Waals surface area contributed by atoms with Crippen LogP contribution in [0.3, 0.4) is 0 Å². The number of nitrogens with zero attached hydrogens (tertiary/aromatic N) is 2. The average Bonchev–Trinajstić information content (AvgIpc) is 2.45. The Morgan fingerprint density at radius 3 is 2.87 bits per heavy atom. The molecule has 1 N–H and O–H groups in total. The van der Waals surface area contributed by atoms with Gasteiger partial charge in [0.05, 0.1) is 5.69 Å². The van der Waals surface area contributed by atoms with Gasteiger partial charge in [-0.2, -0.15) is 0 Å². The van der Waals surface area contributed by atoms with Crippen LogP contribution < -0.4 is 5.32 Å². The fourth-order valence-electron chi connectivity index (χ4n) is 1.99. The third-order valence-corrected chi connectivity index (χ3v) is 3.98. The summed E-state index contributed by atoms with van der Waals surface area (Å²) < 4.78 is 0. The Morgan fingerprint density at radius 2 is 2.27 bits per heavy atom. The van der Waals surface area contributed by atoms with E-state index in [1.54, 1.807) is 11.3 Å². The molecule has 84 valence electrons. The van der Waals surface area contributed by atoms with Crippen LogP contribution in [0.5, 0.6) is 0 Å². The van der Waals surface area contributed by atoms with Crippen molar-refractivity contribution in [2.45, 2.75) is 32.7 Å². The summed E-state index contributed by atoms with van der Waals surface area (Å²) in [6.07, 6.45) is 2.56. The molecule has 0 bridgehead atoms. The number of rotatable bonds is 2. The standard InChI is InChI=1S/C11H19N3S/c1-8-9(2)15-11(12-8)13-10-5-4-6-14(3)7-10/h10H,4-7H2,1-3H3,(H,12,13). The first-order valence-electron chi connectivity index (χ1n) is 5.54. The highest BCUT2D eigenvalue weighted by molar-refractivity contribution is 7.15. The smallest absolute Gasteiger partial charge is 0.183 e. The summed E-state index contributed by atoms with van der Waals surface area (Å²) in [4.78, 5) is 8.22. The van der Waals surface area contributed by atoms with Gasteiger partial charge in [0.1, 0.15) is 0 Å². The first-order chi connectivity index (χ1) is 7.15.